The standard InChI is InChI=1S/C19H29NO3.C2H2O4/c1-5-20(6-2)13-16-14-22-19(3,4)12-17(16)23-18(21)15-10-8-7-9-11-15;3-1(4)2(5)6/h7-11,16-17H,5-6,12-14H2,1-4H3;(H,3,4)(H,5,6). The van der Waals surface area contributed by atoms with E-state index in [0.717, 1.165) is 26.1 Å². The molecule has 0 radical (unpaired) electrons. The van der Waals surface area contributed by atoms with E-state index in [-0.39, 0.29) is 23.6 Å². The first-order chi connectivity index (χ1) is 13.6. The van der Waals surface area contributed by atoms with Crippen molar-refractivity contribution in [1.82, 2.24) is 4.90 Å². The van der Waals surface area contributed by atoms with Gasteiger partial charge in [0, 0.05) is 18.9 Å². The predicted molar refractivity (Wildman–Crippen MR) is 107 cm³/mol. The Labute approximate surface area is 171 Å². The number of nitrogens with zero attached hydrogens (tertiary/aromatic N) is 1. The van der Waals surface area contributed by atoms with E-state index < -0.39 is 11.9 Å². The SMILES string of the molecule is CCN(CC)CC1COC(C)(C)CC1OC(=O)c1ccccc1.O=C(O)C(=O)O. The van der Waals surface area contributed by atoms with E-state index in [1.807, 2.05) is 18.2 Å². The number of hydrogen-bond donors (Lipinski definition) is 2. The van der Waals surface area contributed by atoms with Crippen molar-refractivity contribution in [1.29, 1.82) is 0 Å². The van der Waals surface area contributed by atoms with Gasteiger partial charge in [-0.1, -0.05) is 32.0 Å². The molecule has 1 heterocycles. The second-order valence-electron chi connectivity index (χ2n) is 7.44. The number of carbonyl (C=O) groups is 3. The van der Waals surface area contributed by atoms with Crippen molar-refractivity contribution in [2.75, 3.05) is 26.2 Å². The molecule has 1 aromatic carbocycles. The van der Waals surface area contributed by atoms with Crippen LogP contribution in [0, 0.1) is 5.92 Å². The summed E-state index contributed by atoms with van der Waals surface area (Å²) in [7, 11) is 0. The third-order valence-corrected chi connectivity index (χ3v) is 4.74. The van der Waals surface area contributed by atoms with E-state index in [2.05, 4.69) is 32.6 Å². The molecule has 0 bridgehead atoms. The van der Waals surface area contributed by atoms with E-state index in [1.165, 1.54) is 0 Å². The molecule has 2 N–H and O–H groups in total. The van der Waals surface area contributed by atoms with E-state index >= 15 is 0 Å². The Bertz CT molecular complexity index is 659. The van der Waals surface area contributed by atoms with Crippen molar-refractivity contribution >= 4 is 17.9 Å². The third kappa shape index (κ3) is 8.62. The molecule has 2 atom stereocenters. The summed E-state index contributed by atoms with van der Waals surface area (Å²) in [5, 5.41) is 14.8. The lowest BCUT2D eigenvalue weighted by Gasteiger charge is -2.41. The fraction of sp³-hybridized carbons (Fsp3) is 0.571. The molecular formula is C21H31NO7. The molecule has 29 heavy (non-hydrogen) atoms. The molecule has 0 saturated carbocycles. The number of aliphatic carboxylic acids is 2. The number of hydrogen-bond acceptors (Lipinski definition) is 6. The zero-order valence-electron chi connectivity index (χ0n) is 17.5. The van der Waals surface area contributed by atoms with Crippen LogP contribution in [-0.4, -0.2) is 71.0 Å². The molecule has 2 unspecified atom stereocenters. The highest BCUT2D eigenvalue weighted by atomic mass is 16.6. The second-order valence-corrected chi connectivity index (χ2v) is 7.44. The molecular weight excluding hydrogens is 378 g/mol. The minimum atomic E-state index is -1.82. The second kappa shape index (κ2) is 11.5. The van der Waals surface area contributed by atoms with Gasteiger partial charge in [-0.15, -0.1) is 0 Å². The first-order valence-corrected chi connectivity index (χ1v) is 9.68. The Kier molecular flexibility index (Phi) is 9.77. The van der Waals surface area contributed by atoms with Gasteiger partial charge >= 0.3 is 17.9 Å². The van der Waals surface area contributed by atoms with Gasteiger partial charge in [-0.25, -0.2) is 14.4 Å². The predicted octanol–water partition coefficient (Wildman–Crippen LogP) is 2.52. The zero-order valence-corrected chi connectivity index (χ0v) is 17.5. The summed E-state index contributed by atoms with van der Waals surface area (Å²) >= 11 is 0. The van der Waals surface area contributed by atoms with Gasteiger partial charge in [0.05, 0.1) is 17.8 Å². The van der Waals surface area contributed by atoms with Gasteiger partial charge < -0.3 is 24.6 Å². The molecule has 1 aromatic rings. The van der Waals surface area contributed by atoms with Crippen molar-refractivity contribution in [3.8, 4) is 0 Å². The van der Waals surface area contributed by atoms with Gasteiger partial charge in [-0.05, 0) is 39.1 Å². The van der Waals surface area contributed by atoms with Gasteiger partial charge in [0.1, 0.15) is 6.10 Å². The average molecular weight is 409 g/mol. The van der Waals surface area contributed by atoms with Gasteiger partial charge in [0.2, 0.25) is 0 Å². The molecule has 8 heteroatoms. The molecule has 8 nitrogen and oxygen atoms in total. The number of carbonyl (C=O) groups excluding carboxylic acids is 1. The lowest BCUT2D eigenvalue weighted by molar-refractivity contribution is -0.159. The van der Waals surface area contributed by atoms with E-state index in [4.69, 9.17) is 29.3 Å². The molecule has 162 valence electrons. The fourth-order valence-electron chi connectivity index (χ4n) is 3.05. The fourth-order valence-corrected chi connectivity index (χ4v) is 3.05. The van der Waals surface area contributed by atoms with Crippen molar-refractivity contribution in [3.05, 3.63) is 35.9 Å². The van der Waals surface area contributed by atoms with Gasteiger partial charge in [-0.3, -0.25) is 0 Å². The minimum absolute atomic E-state index is 0.105. The maximum absolute atomic E-state index is 12.4. The lowest BCUT2D eigenvalue weighted by atomic mass is 9.88. The topological polar surface area (TPSA) is 113 Å². The summed E-state index contributed by atoms with van der Waals surface area (Å²) in [5.41, 5.74) is 0.361. The molecule has 0 spiro atoms. The van der Waals surface area contributed by atoms with Crippen LogP contribution in [0.4, 0.5) is 0 Å². The minimum Gasteiger partial charge on any atom is -0.473 e. The Morgan fingerprint density at radius 1 is 1.10 bits per heavy atom. The Morgan fingerprint density at radius 2 is 1.66 bits per heavy atom. The summed E-state index contributed by atoms with van der Waals surface area (Å²) in [6, 6.07) is 9.21. The molecule has 1 aliphatic heterocycles. The van der Waals surface area contributed by atoms with Gasteiger partial charge in [-0.2, -0.15) is 0 Å². The molecule has 0 amide bonds. The number of rotatable bonds is 6. The summed E-state index contributed by atoms with van der Waals surface area (Å²) in [6.07, 6.45) is 0.629. The largest absolute Gasteiger partial charge is 0.473 e. The number of esters is 1. The van der Waals surface area contributed by atoms with Crippen LogP contribution in [0.2, 0.25) is 0 Å². The van der Waals surface area contributed by atoms with Crippen molar-refractivity contribution in [2.24, 2.45) is 5.92 Å². The first kappa shape index (κ1) is 24.6. The molecule has 1 aliphatic rings. The lowest BCUT2D eigenvalue weighted by Crippen LogP contribution is -2.49. The van der Waals surface area contributed by atoms with E-state index in [0.29, 0.717) is 12.2 Å². The Morgan fingerprint density at radius 3 is 2.14 bits per heavy atom. The number of benzene rings is 1. The summed E-state index contributed by atoms with van der Waals surface area (Å²) in [5.74, 6) is -3.67. The first-order valence-electron chi connectivity index (χ1n) is 9.68. The van der Waals surface area contributed by atoms with Crippen LogP contribution in [0.5, 0.6) is 0 Å². The van der Waals surface area contributed by atoms with Crippen LogP contribution in [-0.2, 0) is 19.1 Å². The zero-order chi connectivity index (χ0) is 22.0. The van der Waals surface area contributed by atoms with Crippen molar-refractivity contribution in [2.45, 2.75) is 45.8 Å². The highest BCUT2D eigenvalue weighted by Crippen LogP contribution is 2.31. The highest BCUT2D eigenvalue weighted by molar-refractivity contribution is 6.27. The van der Waals surface area contributed by atoms with Crippen LogP contribution in [0.15, 0.2) is 30.3 Å². The van der Waals surface area contributed by atoms with Crippen LogP contribution < -0.4 is 0 Å². The van der Waals surface area contributed by atoms with Crippen molar-refractivity contribution in [3.63, 3.8) is 0 Å². The number of ether oxygens (including phenoxy) is 2. The Hall–Kier alpha value is -2.45. The monoisotopic (exact) mass is 409 g/mol. The molecule has 0 aromatic heterocycles. The average Bonchev–Trinajstić information content (AvgIpc) is 2.68. The quantitative estimate of drug-likeness (QED) is 0.544. The third-order valence-electron chi connectivity index (χ3n) is 4.74. The number of carboxylic acid groups (broad SMARTS) is 2. The maximum Gasteiger partial charge on any atom is 0.414 e. The molecule has 2 rings (SSSR count). The number of carboxylic acids is 2. The van der Waals surface area contributed by atoms with Gasteiger partial charge in [0.15, 0.2) is 0 Å². The van der Waals surface area contributed by atoms with Crippen LogP contribution >= 0.6 is 0 Å². The van der Waals surface area contributed by atoms with Crippen LogP contribution in [0.1, 0.15) is 44.5 Å². The summed E-state index contributed by atoms with van der Waals surface area (Å²) in [6.45, 7) is 12.0. The summed E-state index contributed by atoms with van der Waals surface area (Å²) in [4.78, 5) is 33.0. The van der Waals surface area contributed by atoms with Gasteiger partial charge in [0.25, 0.3) is 0 Å². The van der Waals surface area contributed by atoms with Crippen LogP contribution in [0.3, 0.4) is 0 Å². The maximum atomic E-state index is 12.4. The molecule has 1 saturated heterocycles. The van der Waals surface area contributed by atoms with E-state index in [1.54, 1.807) is 12.1 Å². The van der Waals surface area contributed by atoms with Crippen LogP contribution in [0.25, 0.3) is 0 Å². The normalized spacial score (nSPS) is 20.3. The highest BCUT2D eigenvalue weighted by Gasteiger charge is 2.38. The Balaban J connectivity index is 0.000000612. The summed E-state index contributed by atoms with van der Waals surface area (Å²) < 4.78 is 11.8. The molecule has 1 fully saturated rings. The van der Waals surface area contributed by atoms with Crippen molar-refractivity contribution < 1.29 is 34.1 Å². The van der Waals surface area contributed by atoms with E-state index in [9.17, 15) is 4.79 Å². The molecule has 0 aliphatic carbocycles. The smallest absolute Gasteiger partial charge is 0.414 e.